The van der Waals surface area contributed by atoms with E-state index in [0.29, 0.717) is 25.4 Å². The number of rotatable bonds is 6. The van der Waals surface area contributed by atoms with Gasteiger partial charge in [0, 0.05) is 18.0 Å². The molecule has 3 N–H and O–H groups in total. The predicted octanol–water partition coefficient (Wildman–Crippen LogP) is 2.63. The summed E-state index contributed by atoms with van der Waals surface area (Å²) < 4.78 is 5.65. The molecule has 0 radical (unpaired) electrons. The Hall–Kier alpha value is -1.55. The third-order valence-corrected chi connectivity index (χ3v) is 4.08. The molecule has 0 bridgehead atoms. The molecule has 2 rings (SSSR count). The SMILES string of the molecule is CC(C)CC(CN)(CC1COc2ccccc21)C(=O)O. The first-order valence-electron chi connectivity index (χ1n) is 7.13. The molecule has 0 saturated heterocycles. The van der Waals surface area contributed by atoms with E-state index >= 15 is 0 Å². The van der Waals surface area contributed by atoms with Gasteiger partial charge in [0.15, 0.2) is 0 Å². The number of benzene rings is 1. The van der Waals surface area contributed by atoms with Crippen molar-refractivity contribution in [3.8, 4) is 5.75 Å². The van der Waals surface area contributed by atoms with Gasteiger partial charge in [-0.3, -0.25) is 4.79 Å². The lowest BCUT2D eigenvalue weighted by Crippen LogP contribution is -2.41. The maximum Gasteiger partial charge on any atom is 0.310 e. The van der Waals surface area contributed by atoms with Crippen molar-refractivity contribution in [1.82, 2.24) is 0 Å². The van der Waals surface area contributed by atoms with Crippen LogP contribution in [0.4, 0.5) is 0 Å². The Balaban J connectivity index is 2.23. The Morgan fingerprint density at radius 1 is 1.50 bits per heavy atom. The van der Waals surface area contributed by atoms with Gasteiger partial charge in [0.05, 0.1) is 12.0 Å². The molecule has 1 aromatic carbocycles. The molecule has 1 aliphatic rings. The second kappa shape index (κ2) is 5.83. The maximum atomic E-state index is 11.8. The van der Waals surface area contributed by atoms with Crippen LogP contribution in [-0.2, 0) is 4.79 Å². The molecular formula is C16H23NO3. The summed E-state index contributed by atoms with van der Waals surface area (Å²) in [5, 5.41) is 9.66. The van der Waals surface area contributed by atoms with Crippen LogP contribution in [0.2, 0.25) is 0 Å². The van der Waals surface area contributed by atoms with Crippen LogP contribution in [0.5, 0.6) is 5.75 Å². The molecule has 0 amide bonds. The van der Waals surface area contributed by atoms with E-state index in [4.69, 9.17) is 10.5 Å². The lowest BCUT2D eigenvalue weighted by molar-refractivity contribution is -0.150. The van der Waals surface area contributed by atoms with E-state index < -0.39 is 11.4 Å². The molecule has 4 nitrogen and oxygen atoms in total. The second-order valence-electron chi connectivity index (χ2n) is 6.14. The number of para-hydroxylation sites is 1. The topological polar surface area (TPSA) is 72.5 Å². The van der Waals surface area contributed by atoms with Crippen molar-refractivity contribution in [2.24, 2.45) is 17.1 Å². The lowest BCUT2D eigenvalue weighted by atomic mass is 9.72. The van der Waals surface area contributed by atoms with Crippen molar-refractivity contribution in [2.75, 3.05) is 13.2 Å². The van der Waals surface area contributed by atoms with Crippen LogP contribution < -0.4 is 10.5 Å². The molecule has 1 heterocycles. The molecule has 20 heavy (non-hydrogen) atoms. The highest BCUT2D eigenvalue weighted by atomic mass is 16.5. The molecule has 1 aromatic rings. The fraction of sp³-hybridized carbons (Fsp3) is 0.562. The first kappa shape index (κ1) is 14.9. The van der Waals surface area contributed by atoms with Gasteiger partial charge in [-0.2, -0.15) is 0 Å². The first-order valence-corrected chi connectivity index (χ1v) is 7.13. The summed E-state index contributed by atoms with van der Waals surface area (Å²) in [5.74, 6) is 0.494. The van der Waals surface area contributed by atoms with Gasteiger partial charge in [0.25, 0.3) is 0 Å². The standard InChI is InChI=1S/C16H23NO3/c1-11(2)7-16(10-17,15(18)19)8-12-9-20-14-6-4-3-5-13(12)14/h3-6,11-12H,7-10,17H2,1-2H3,(H,18,19). The number of carbonyl (C=O) groups is 1. The Labute approximate surface area is 119 Å². The van der Waals surface area contributed by atoms with Crippen LogP contribution in [0, 0.1) is 11.3 Å². The smallest absolute Gasteiger partial charge is 0.310 e. The molecule has 0 saturated carbocycles. The number of nitrogens with two attached hydrogens (primary N) is 1. The van der Waals surface area contributed by atoms with E-state index in [1.165, 1.54) is 0 Å². The van der Waals surface area contributed by atoms with Gasteiger partial charge >= 0.3 is 5.97 Å². The molecule has 0 aliphatic carbocycles. The van der Waals surface area contributed by atoms with Crippen LogP contribution in [0.1, 0.15) is 38.2 Å². The minimum Gasteiger partial charge on any atom is -0.493 e. The molecule has 0 fully saturated rings. The number of fused-ring (bicyclic) bond motifs is 1. The van der Waals surface area contributed by atoms with Gasteiger partial charge in [-0.05, 0) is 24.8 Å². The van der Waals surface area contributed by atoms with E-state index in [2.05, 4.69) is 0 Å². The minimum absolute atomic E-state index is 0.115. The summed E-state index contributed by atoms with van der Waals surface area (Å²) in [6.07, 6.45) is 1.13. The van der Waals surface area contributed by atoms with Crippen molar-refractivity contribution >= 4 is 5.97 Å². The zero-order valence-electron chi connectivity index (χ0n) is 12.1. The number of carboxylic acids is 1. The lowest BCUT2D eigenvalue weighted by Gasteiger charge is -2.31. The highest BCUT2D eigenvalue weighted by Crippen LogP contribution is 2.42. The minimum atomic E-state index is -0.861. The summed E-state index contributed by atoms with van der Waals surface area (Å²) in [6.45, 7) is 4.78. The Morgan fingerprint density at radius 3 is 2.80 bits per heavy atom. The van der Waals surface area contributed by atoms with E-state index in [1.54, 1.807) is 0 Å². The normalized spacial score (nSPS) is 20.3. The van der Waals surface area contributed by atoms with Crippen LogP contribution in [0.15, 0.2) is 24.3 Å². The third-order valence-electron chi connectivity index (χ3n) is 4.08. The van der Waals surface area contributed by atoms with E-state index in [9.17, 15) is 9.90 Å². The Kier molecular flexibility index (Phi) is 4.33. The zero-order chi connectivity index (χ0) is 14.8. The summed E-state index contributed by atoms with van der Waals surface area (Å²) in [4.78, 5) is 11.8. The summed E-state index contributed by atoms with van der Waals surface area (Å²) in [6, 6.07) is 7.85. The first-order chi connectivity index (χ1) is 9.48. The van der Waals surface area contributed by atoms with Gasteiger partial charge in [-0.15, -0.1) is 0 Å². The van der Waals surface area contributed by atoms with Gasteiger partial charge < -0.3 is 15.6 Å². The van der Waals surface area contributed by atoms with Crippen LogP contribution in [-0.4, -0.2) is 24.2 Å². The van der Waals surface area contributed by atoms with Crippen LogP contribution in [0.25, 0.3) is 0 Å². The molecule has 0 aromatic heterocycles. The monoisotopic (exact) mass is 277 g/mol. The van der Waals surface area contributed by atoms with Crippen molar-refractivity contribution in [3.05, 3.63) is 29.8 Å². The Bertz CT molecular complexity index is 486. The number of ether oxygens (including phenoxy) is 1. The molecule has 2 unspecified atom stereocenters. The summed E-state index contributed by atoms with van der Waals surface area (Å²) in [5.41, 5.74) is 6.08. The van der Waals surface area contributed by atoms with E-state index in [1.807, 2.05) is 38.1 Å². The highest BCUT2D eigenvalue weighted by molar-refractivity contribution is 5.75. The van der Waals surface area contributed by atoms with Crippen molar-refractivity contribution in [2.45, 2.75) is 32.6 Å². The largest absolute Gasteiger partial charge is 0.493 e. The molecular weight excluding hydrogens is 254 g/mol. The number of carboxylic acid groups (broad SMARTS) is 1. The van der Waals surface area contributed by atoms with Crippen molar-refractivity contribution < 1.29 is 14.6 Å². The molecule has 110 valence electrons. The predicted molar refractivity (Wildman–Crippen MR) is 77.9 cm³/mol. The van der Waals surface area contributed by atoms with E-state index in [-0.39, 0.29) is 12.5 Å². The fourth-order valence-corrected chi connectivity index (χ4v) is 3.16. The number of aliphatic carboxylic acids is 1. The number of hydrogen-bond acceptors (Lipinski definition) is 3. The molecule has 0 spiro atoms. The van der Waals surface area contributed by atoms with Gasteiger partial charge in [-0.1, -0.05) is 32.0 Å². The fourth-order valence-electron chi connectivity index (χ4n) is 3.16. The summed E-state index contributed by atoms with van der Waals surface area (Å²) in [7, 11) is 0. The second-order valence-corrected chi connectivity index (χ2v) is 6.14. The van der Waals surface area contributed by atoms with Gasteiger partial charge in [0.2, 0.25) is 0 Å². The van der Waals surface area contributed by atoms with Crippen molar-refractivity contribution in [1.29, 1.82) is 0 Å². The Morgan fingerprint density at radius 2 is 2.20 bits per heavy atom. The molecule has 4 heteroatoms. The molecule has 1 aliphatic heterocycles. The van der Waals surface area contributed by atoms with Crippen LogP contribution >= 0.6 is 0 Å². The van der Waals surface area contributed by atoms with E-state index in [0.717, 1.165) is 11.3 Å². The van der Waals surface area contributed by atoms with Gasteiger partial charge in [0.1, 0.15) is 5.75 Å². The molecule has 2 atom stereocenters. The van der Waals surface area contributed by atoms with Gasteiger partial charge in [-0.25, -0.2) is 0 Å². The third kappa shape index (κ3) is 2.80. The summed E-state index contributed by atoms with van der Waals surface area (Å²) >= 11 is 0. The number of hydrogen-bond donors (Lipinski definition) is 2. The average molecular weight is 277 g/mol. The maximum absolute atomic E-state index is 11.8. The quantitative estimate of drug-likeness (QED) is 0.838. The van der Waals surface area contributed by atoms with Crippen LogP contribution in [0.3, 0.4) is 0 Å². The van der Waals surface area contributed by atoms with Crippen molar-refractivity contribution in [3.63, 3.8) is 0 Å². The average Bonchev–Trinajstić information content (AvgIpc) is 2.80. The highest BCUT2D eigenvalue weighted by Gasteiger charge is 2.42. The zero-order valence-corrected chi connectivity index (χ0v) is 12.1.